The van der Waals surface area contributed by atoms with E-state index in [1.165, 1.54) is 6.33 Å². The Kier molecular flexibility index (Phi) is 3.43. The zero-order valence-corrected chi connectivity index (χ0v) is 11.9. The zero-order valence-electron chi connectivity index (χ0n) is 11.9. The summed E-state index contributed by atoms with van der Waals surface area (Å²) in [7, 11) is 0. The van der Waals surface area contributed by atoms with Crippen LogP contribution in [-0.2, 0) is 4.79 Å². The number of aryl methyl sites for hydroxylation is 1. The molecule has 2 heterocycles. The molecule has 108 valence electrons. The number of anilines is 1. The van der Waals surface area contributed by atoms with Gasteiger partial charge in [0.2, 0.25) is 5.91 Å². The van der Waals surface area contributed by atoms with Gasteiger partial charge >= 0.3 is 0 Å². The van der Waals surface area contributed by atoms with Gasteiger partial charge in [-0.1, -0.05) is 12.1 Å². The summed E-state index contributed by atoms with van der Waals surface area (Å²) < 4.78 is 7.30. The predicted octanol–water partition coefficient (Wildman–Crippen LogP) is 2.92. The highest BCUT2D eigenvalue weighted by atomic mass is 16.3. The van der Waals surface area contributed by atoms with Gasteiger partial charge in [0.05, 0.1) is 11.7 Å². The van der Waals surface area contributed by atoms with Crippen LogP contribution in [-0.4, -0.2) is 20.7 Å². The third-order valence-electron chi connectivity index (χ3n) is 3.31. The lowest BCUT2D eigenvalue weighted by molar-refractivity contribution is -0.116. The Morgan fingerprint density at radius 2 is 2.33 bits per heavy atom. The molecular weight excluding hydrogens is 268 g/mol. The lowest BCUT2D eigenvalue weighted by atomic mass is 10.2. The van der Waals surface area contributed by atoms with Crippen molar-refractivity contribution in [3.8, 4) is 0 Å². The Labute approximate surface area is 121 Å². The van der Waals surface area contributed by atoms with Gasteiger partial charge in [0.25, 0.3) is 0 Å². The lowest BCUT2D eigenvalue weighted by Crippen LogP contribution is -2.18. The van der Waals surface area contributed by atoms with Crippen molar-refractivity contribution in [2.24, 2.45) is 0 Å². The van der Waals surface area contributed by atoms with E-state index in [0.717, 1.165) is 11.1 Å². The molecule has 0 bridgehead atoms. The molecule has 21 heavy (non-hydrogen) atoms. The highest BCUT2D eigenvalue weighted by Crippen LogP contribution is 2.26. The van der Waals surface area contributed by atoms with Crippen LogP contribution < -0.4 is 5.32 Å². The van der Waals surface area contributed by atoms with E-state index < -0.39 is 0 Å². The Morgan fingerprint density at radius 1 is 1.48 bits per heavy atom. The number of aromatic nitrogens is 3. The van der Waals surface area contributed by atoms with Crippen molar-refractivity contribution in [1.82, 2.24) is 14.8 Å². The van der Waals surface area contributed by atoms with Crippen LogP contribution in [0.15, 0.2) is 41.3 Å². The monoisotopic (exact) mass is 284 g/mol. The third-order valence-corrected chi connectivity index (χ3v) is 3.31. The molecule has 0 radical (unpaired) electrons. The summed E-state index contributed by atoms with van der Waals surface area (Å²) in [6.45, 7) is 3.81. The number of furan rings is 1. The first-order valence-electron chi connectivity index (χ1n) is 6.76. The highest BCUT2D eigenvalue weighted by molar-refractivity contribution is 5.99. The van der Waals surface area contributed by atoms with E-state index in [1.54, 1.807) is 11.0 Å². The van der Waals surface area contributed by atoms with Crippen LogP contribution in [0.2, 0.25) is 0 Å². The topological polar surface area (TPSA) is 73.0 Å². The summed E-state index contributed by atoms with van der Waals surface area (Å²) >= 11 is 0. The molecule has 0 saturated carbocycles. The molecule has 0 aliphatic carbocycles. The molecule has 1 amide bonds. The minimum Gasteiger partial charge on any atom is -0.459 e. The van der Waals surface area contributed by atoms with Gasteiger partial charge < -0.3 is 9.73 Å². The first-order chi connectivity index (χ1) is 10.1. The fraction of sp³-hybridized carbons (Fsp3) is 0.267. The minimum absolute atomic E-state index is 0.0509. The van der Waals surface area contributed by atoms with E-state index in [0.29, 0.717) is 17.7 Å². The molecular formula is C15H16N4O2. The number of nitrogens with one attached hydrogen (secondary N) is 1. The van der Waals surface area contributed by atoms with E-state index >= 15 is 0 Å². The van der Waals surface area contributed by atoms with Gasteiger partial charge in [-0.3, -0.25) is 4.79 Å². The van der Waals surface area contributed by atoms with Crippen molar-refractivity contribution in [2.75, 3.05) is 5.32 Å². The summed E-state index contributed by atoms with van der Waals surface area (Å²) in [5, 5.41) is 7.91. The average molecular weight is 284 g/mol. The largest absolute Gasteiger partial charge is 0.459 e. The maximum Gasteiger partial charge on any atom is 0.226 e. The number of fused-ring (bicyclic) bond motifs is 1. The molecule has 3 rings (SSSR count). The molecule has 1 N–H and O–H groups in total. The molecule has 0 aliphatic heterocycles. The number of hydrogen-bond donors (Lipinski definition) is 1. The lowest BCUT2D eigenvalue weighted by Gasteiger charge is -2.11. The van der Waals surface area contributed by atoms with Gasteiger partial charge in [-0.25, -0.2) is 9.67 Å². The molecule has 3 aromatic rings. The number of benzene rings is 1. The Morgan fingerprint density at radius 3 is 3.10 bits per heavy atom. The van der Waals surface area contributed by atoms with Crippen LogP contribution in [0.1, 0.15) is 25.1 Å². The Hall–Kier alpha value is -2.63. The molecule has 0 unspecified atom stereocenters. The van der Waals surface area contributed by atoms with Crippen LogP contribution >= 0.6 is 0 Å². The number of carbonyl (C=O) groups is 1. The van der Waals surface area contributed by atoms with Gasteiger partial charge in [-0.2, -0.15) is 5.10 Å². The third kappa shape index (κ3) is 2.79. The van der Waals surface area contributed by atoms with Gasteiger partial charge in [-0.05, 0) is 26.0 Å². The number of carbonyl (C=O) groups excluding carboxylic acids is 1. The molecule has 6 heteroatoms. The maximum absolute atomic E-state index is 12.2. The average Bonchev–Trinajstić information content (AvgIpc) is 3.06. The van der Waals surface area contributed by atoms with E-state index in [2.05, 4.69) is 15.4 Å². The smallest absolute Gasteiger partial charge is 0.226 e. The molecule has 0 saturated heterocycles. The van der Waals surface area contributed by atoms with Gasteiger partial charge in [0.15, 0.2) is 5.58 Å². The molecule has 0 fully saturated rings. The quantitative estimate of drug-likeness (QED) is 0.799. The maximum atomic E-state index is 12.2. The summed E-state index contributed by atoms with van der Waals surface area (Å²) in [5.74, 6) is 0.738. The first-order valence-corrected chi connectivity index (χ1v) is 6.76. The molecule has 0 spiro atoms. The molecule has 1 atom stereocenters. The minimum atomic E-state index is -0.0837. The van der Waals surface area contributed by atoms with Gasteiger partial charge in [0, 0.05) is 11.8 Å². The Balaban J connectivity index is 1.74. The number of para-hydroxylation sites is 1. The summed E-state index contributed by atoms with van der Waals surface area (Å²) in [6, 6.07) is 7.59. The number of nitrogens with zero attached hydrogens (tertiary/aromatic N) is 3. The van der Waals surface area contributed by atoms with Gasteiger partial charge in [-0.15, -0.1) is 0 Å². The Bertz CT molecular complexity index is 761. The normalized spacial score (nSPS) is 12.5. The molecule has 0 aliphatic rings. The summed E-state index contributed by atoms with van der Waals surface area (Å²) in [5.41, 5.74) is 1.40. The fourth-order valence-electron chi connectivity index (χ4n) is 2.30. The predicted molar refractivity (Wildman–Crippen MR) is 78.9 cm³/mol. The van der Waals surface area contributed by atoms with Crippen LogP contribution in [0.25, 0.3) is 11.0 Å². The fourth-order valence-corrected chi connectivity index (χ4v) is 2.30. The molecule has 6 nitrogen and oxygen atoms in total. The standard InChI is InChI=1S/C15H16N4O2/c1-10(19-9-16-8-17-19)6-14(20)18-13-5-3-4-12-7-11(2)21-15(12)13/h3-5,7-10H,6H2,1-2H3,(H,18,20)/t10-/m0/s1. The number of rotatable bonds is 4. The van der Waals surface area contributed by atoms with Crippen LogP contribution in [0, 0.1) is 6.92 Å². The van der Waals surface area contributed by atoms with E-state index in [1.807, 2.05) is 38.1 Å². The highest BCUT2D eigenvalue weighted by Gasteiger charge is 2.14. The van der Waals surface area contributed by atoms with E-state index in [-0.39, 0.29) is 11.9 Å². The van der Waals surface area contributed by atoms with Crippen molar-refractivity contribution in [3.05, 3.63) is 42.7 Å². The second-order valence-corrected chi connectivity index (χ2v) is 5.06. The second kappa shape index (κ2) is 5.40. The second-order valence-electron chi connectivity index (χ2n) is 5.06. The van der Waals surface area contributed by atoms with E-state index in [9.17, 15) is 4.79 Å². The number of amides is 1. The van der Waals surface area contributed by atoms with Crippen molar-refractivity contribution < 1.29 is 9.21 Å². The van der Waals surface area contributed by atoms with Crippen molar-refractivity contribution in [3.63, 3.8) is 0 Å². The number of hydrogen-bond acceptors (Lipinski definition) is 4. The van der Waals surface area contributed by atoms with Crippen molar-refractivity contribution in [2.45, 2.75) is 26.3 Å². The van der Waals surface area contributed by atoms with Crippen molar-refractivity contribution >= 4 is 22.6 Å². The van der Waals surface area contributed by atoms with Crippen LogP contribution in [0.4, 0.5) is 5.69 Å². The molecule has 2 aromatic heterocycles. The van der Waals surface area contributed by atoms with Crippen LogP contribution in [0.5, 0.6) is 0 Å². The summed E-state index contributed by atoms with van der Waals surface area (Å²) in [6.07, 6.45) is 3.38. The molecule has 1 aromatic carbocycles. The SMILES string of the molecule is Cc1cc2cccc(NC(=O)C[C@H](C)n3cncn3)c2o1. The van der Waals surface area contributed by atoms with Crippen molar-refractivity contribution in [1.29, 1.82) is 0 Å². The first kappa shape index (κ1) is 13.4. The summed E-state index contributed by atoms with van der Waals surface area (Å²) in [4.78, 5) is 16.0. The zero-order chi connectivity index (χ0) is 14.8. The van der Waals surface area contributed by atoms with Gasteiger partial charge in [0.1, 0.15) is 18.4 Å². The van der Waals surface area contributed by atoms with Crippen LogP contribution in [0.3, 0.4) is 0 Å². The van der Waals surface area contributed by atoms with E-state index in [4.69, 9.17) is 4.42 Å².